The molecule has 0 radical (unpaired) electrons. The molecule has 0 amide bonds. The summed E-state index contributed by atoms with van der Waals surface area (Å²) in [6, 6.07) is 19.4. The third-order valence-electron chi connectivity index (χ3n) is 7.92. The van der Waals surface area contributed by atoms with Crippen LogP contribution in [-0.4, -0.2) is 31.8 Å². The number of esters is 1. The first-order valence-corrected chi connectivity index (χ1v) is 12.2. The summed E-state index contributed by atoms with van der Waals surface area (Å²) < 4.78 is 10.9. The van der Waals surface area contributed by atoms with Crippen LogP contribution < -0.4 is 10.1 Å². The number of benzene rings is 2. The molecule has 4 rings (SSSR count). The molecule has 1 aliphatic heterocycles. The fraction of sp³-hybridized carbons (Fsp3) is 0.536. The largest absolute Gasteiger partial charge is 0.497 e. The van der Waals surface area contributed by atoms with Crippen molar-refractivity contribution < 1.29 is 14.3 Å². The molecular formula is C28H37NO3. The number of hydrogen-bond donors (Lipinski definition) is 1. The number of fused-ring (bicyclic) bond motifs is 2. The Morgan fingerprint density at radius 3 is 2.72 bits per heavy atom. The molecule has 32 heavy (non-hydrogen) atoms. The zero-order chi connectivity index (χ0) is 22.4. The number of hydrogen-bond acceptors (Lipinski definition) is 4. The molecule has 1 saturated heterocycles. The van der Waals surface area contributed by atoms with Crippen LogP contribution in [-0.2, 0) is 21.4 Å². The molecule has 2 aliphatic rings. The number of carbonyl (C=O) groups is 1. The van der Waals surface area contributed by atoms with Gasteiger partial charge in [0.15, 0.2) is 0 Å². The van der Waals surface area contributed by atoms with Gasteiger partial charge in [-0.1, -0.05) is 48.9 Å². The highest BCUT2D eigenvalue weighted by atomic mass is 16.5. The van der Waals surface area contributed by atoms with E-state index in [9.17, 15) is 4.79 Å². The van der Waals surface area contributed by atoms with Crippen LogP contribution in [0.2, 0.25) is 0 Å². The fourth-order valence-electron chi connectivity index (χ4n) is 6.51. The Kier molecular flexibility index (Phi) is 7.20. The molecular weight excluding hydrogens is 398 g/mol. The van der Waals surface area contributed by atoms with E-state index < -0.39 is 0 Å². The number of nitrogens with one attached hydrogen (secondary N) is 1. The van der Waals surface area contributed by atoms with E-state index in [-0.39, 0.29) is 16.9 Å². The zero-order valence-corrected chi connectivity index (χ0v) is 19.6. The van der Waals surface area contributed by atoms with Gasteiger partial charge in [0.1, 0.15) is 5.75 Å². The first-order valence-electron chi connectivity index (χ1n) is 12.2. The third kappa shape index (κ3) is 4.56. The van der Waals surface area contributed by atoms with E-state index in [1.54, 1.807) is 7.11 Å². The summed E-state index contributed by atoms with van der Waals surface area (Å²) in [6.45, 7) is 3.34. The standard InChI is InChI=1S/C28H37NO3/c1-3-32-26(30)14-13-25-27(23-11-7-12-24(21-23)31-2)16-8-17-28(25,29-20-19-27)18-15-22-9-5-4-6-10-22/h4-7,9-12,21,25,29H,3,8,13-20H2,1-2H3. The summed E-state index contributed by atoms with van der Waals surface area (Å²) in [5, 5.41) is 3.98. The number of piperidine rings is 1. The van der Waals surface area contributed by atoms with Crippen LogP contribution in [0.15, 0.2) is 54.6 Å². The quantitative estimate of drug-likeness (QED) is 0.533. The van der Waals surface area contributed by atoms with E-state index >= 15 is 0 Å². The summed E-state index contributed by atoms with van der Waals surface area (Å²) in [6.07, 6.45) is 8.13. The van der Waals surface area contributed by atoms with Gasteiger partial charge >= 0.3 is 5.97 Å². The predicted octanol–water partition coefficient (Wildman–Crippen LogP) is 5.44. The van der Waals surface area contributed by atoms with Crippen molar-refractivity contribution in [3.8, 4) is 5.75 Å². The highest BCUT2D eigenvalue weighted by Crippen LogP contribution is 2.56. The summed E-state index contributed by atoms with van der Waals surface area (Å²) in [7, 11) is 1.74. The number of aryl methyl sites for hydroxylation is 1. The van der Waals surface area contributed by atoms with Crippen molar-refractivity contribution in [1.29, 1.82) is 0 Å². The molecule has 1 aliphatic carbocycles. The van der Waals surface area contributed by atoms with Crippen molar-refractivity contribution in [2.45, 2.75) is 69.2 Å². The minimum Gasteiger partial charge on any atom is -0.497 e. The number of carbonyl (C=O) groups excluding carboxylic acids is 1. The SMILES string of the molecule is CCOC(=O)CCC1C2(CCc3ccccc3)CCCC1(c1cccc(OC)c1)CCN2. The van der Waals surface area contributed by atoms with Crippen molar-refractivity contribution in [3.63, 3.8) is 0 Å². The maximum atomic E-state index is 12.4. The van der Waals surface area contributed by atoms with Gasteiger partial charge in [0.05, 0.1) is 13.7 Å². The summed E-state index contributed by atoms with van der Waals surface area (Å²) in [4.78, 5) is 12.4. The van der Waals surface area contributed by atoms with Crippen molar-refractivity contribution in [2.75, 3.05) is 20.3 Å². The van der Waals surface area contributed by atoms with E-state index in [2.05, 4.69) is 53.8 Å². The molecule has 2 aromatic rings. The van der Waals surface area contributed by atoms with Gasteiger partial charge in [-0.2, -0.15) is 0 Å². The molecule has 3 atom stereocenters. The van der Waals surface area contributed by atoms with Gasteiger partial charge in [0, 0.05) is 17.4 Å². The second-order valence-corrected chi connectivity index (χ2v) is 9.46. The molecule has 1 saturated carbocycles. The number of methoxy groups -OCH3 is 1. The molecule has 172 valence electrons. The Morgan fingerprint density at radius 2 is 1.94 bits per heavy atom. The van der Waals surface area contributed by atoms with Crippen LogP contribution in [0, 0.1) is 5.92 Å². The molecule has 1 heterocycles. The zero-order valence-electron chi connectivity index (χ0n) is 19.6. The molecule has 4 nitrogen and oxygen atoms in total. The smallest absolute Gasteiger partial charge is 0.305 e. The molecule has 0 aromatic heterocycles. The lowest BCUT2D eigenvalue weighted by Crippen LogP contribution is -2.66. The van der Waals surface area contributed by atoms with Gasteiger partial charge in [0.2, 0.25) is 0 Å². The molecule has 2 bridgehead atoms. The number of rotatable bonds is 9. The van der Waals surface area contributed by atoms with Gasteiger partial charge in [-0.15, -0.1) is 0 Å². The third-order valence-corrected chi connectivity index (χ3v) is 7.92. The molecule has 2 fully saturated rings. The van der Waals surface area contributed by atoms with Crippen LogP contribution in [0.25, 0.3) is 0 Å². The first-order chi connectivity index (χ1) is 15.6. The van der Waals surface area contributed by atoms with E-state index in [4.69, 9.17) is 9.47 Å². The van der Waals surface area contributed by atoms with E-state index in [0.717, 1.165) is 38.0 Å². The van der Waals surface area contributed by atoms with Crippen LogP contribution >= 0.6 is 0 Å². The highest BCUT2D eigenvalue weighted by molar-refractivity contribution is 5.69. The van der Waals surface area contributed by atoms with Crippen LogP contribution in [0.3, 0.4) is 0 Å². The van der Waals surface area contributed by atoms with E-state index in [0.29, 0.717) is 18.9 Å². The van der Waals surface area contributed by atoms with Crippen LogP contribution in [0.1, 0.15) is 63.0 Å². The molecule has 2 aromatic carbocycles. The highest BCUT2D eigenvalue weighted by Gasteiger charge is 2.56. The lowest BCUT2D eigenvalue weighted by atomic mass is 9.50. The maximum absolute atomic E-state index is 12.4. The summed E-state index contributed by atoms with van der Waals surface area (Å²) >= 11 is 0. The fourth-order valence-corrected chi connectivity index (χ4v) is 6.51. The molecule has 1 N–H and O–H groups in total. The molecule has 3 unspecified atom stereocenters. The summed E-state index contributed by atoms with van der Waals surface area (Å²) in [5.74, 6) is 1.23. The van der Waals surface area contributed by atoms with Crippen molar-refractivity contribution in [1.82, 2.24) is 5.32 Å². The lowest BCUT2D eigenvalue weighted by Gasteiger charge is -2.60. The lowest BCUT2D eigenvalue weighted by molar-refractivity contribution is -0.144. The van der Waals surface area contributed by atoms with E-state index in [1.807, 2.05) is 13.0 Å². The maximum Gasteiger partial charge on any atom is 0.305 e. The average molecular weight is 436 g/mol. The van der Waals surface area contributed by atoms with Gasteiger partial charge < -0.3 is 14.8 Å². The Balaban J connectivity index is 1.68. The number of ether oxygens (including phenoxy) is 2. The topological polar surface area (TPSA) is 47.6 Å². The van der Waals surface area contributed by atoms with Gasteiger partial charge in [-0.05, 0) is 81.2 Å². The minimum atomic E-state index is -0.0739. The molecule has 0 spiro atoms. The normalized spacial score (nSPS) is 27.0. The molecule has 4 heteroatoms. The minimum absolute atomic E-state index is 0.0436. The van der Waals surface area contributed by atoms with Gasteiger partial charge in [-0.3, -0.25) is 4.79 Å². The summed E-state index contributed by atoms with van der Waals surface area (Å²) in [5.41, 5.74) is 2.87. The second-order valence-electron chi connectivity index (χ2n) is 9.46. The Bertz CT molecular complexity index is 885. The van der Waals surface area contributed by atoms with Crippen molar-refractivity contribution in [2.24, 2.45) is 5.92 Å². The Labute approximate surface area is 192 Å². The average Bonchev–Trinajstić information content (AvgIpc) is 2.82. The van der Waals surface area contributed by atoms with E-state index in [1.165, 1.54) is 30.4 Å². The predicted molar refractivity (Wildman–Crippen MR) is 128 cm³/mol. The van der Waals surface area contributed by atoms with Crippen LogP contribution in [0.4, 0.5) is 0 Å². The monoisotopic (exact) mass is 435 g/mol. The second kappa shape index (κ2) is 10.1. The van der Waals surface area contributed by atoms with Crippen LogP contribution in [0.5, 0.6) is 5.75 Å². The van der Waals surface area contributed by atoms with Crippen molar-refractivity contribution >= 4 is 5.97 Å². The Morgan fingerprint density at radius 1 is 1.09 bits per heavy atom. The van der Waals surface area contributed by atoms with Crippen molar-refractivity contribution in [3.05, 3.63) is 65.7 Å². The van der Waals surface area contributed by atoms with Gasteiger partial charge in [-0.25, -0.2) is 0 Å². The Hall–Kier alpha value is -2.33. The first kappa shape index (κ1) is 22.8. The van der Waals surface area contributed by atoms with Gasteiger partial charge in [0.25, 0.3) is 0 Å².